The molecule has 0 aromatic carbocycles. The highest BCUT2D eigenvalue weighted by Gasteiger charge is 2.35. The molecule has 0 saturated heterocycles. The summed E-state index contributed by atoms with van der Waals surface area (Å²) in [6.45, 7) is 0. The van der Waals surface area contributed by atoms with Crippen LogP contribution >= 0.6 is 22.9 Å². The Hall–Kier alpha value is -0.950. The summed E-state index contributed by atoms with van der Waals surface area (Å²) in [6.07, 6.45) is -3.39. The number of hydrogen-bond donors (Lipinski definition) is 0. The number of nitrogens with zero attached hydrogens (tertiary/aromatic N) is 3. The summed E-state index contributed by atoms with van der Waals surface area (Å²) >= 11 is 6.01. The second-order valence-electron chi connectivity index (χ2n) is 2.33. The first-order valence-electron chi connectivity index (χ1n) is 3.33. The molecule has 74 valence electrons. The molecule has 0 fully saturated rings. The van der Waals surface area contributed by atoms with Crippen molar-refractivity contribution >= 4 is 33.3 Å². The topological polar surface area (TPSA) is 38.7 Å². The van der Waals surface area contributed by atoms with Crippen molar-refractivity contribution in [2.45, 2.75) is 6.18 Å². The second-order valence-corrected chi connectivity index (χ2v) is 3.69. The van der Waals surface area contributed by atoms with Gasteiger partial charge in [0.25, 0.3) is 0 Å². The summed E-state index contributed by atoms with van der Waals surface area (Å²) in [4.78, 5) is 10.4. The molecule has 0 saturated carbocycles. The minimum absolute atomic E-state index is 0.0111. The van der Waals surface area contributed by atoms with Gasteiger partial charge in [-0.2, -0.15) is 13.2 Å². The van der Waals surface area contributed by atoms with E-state index in [-0.39, 0.29) is 15.5 Å². The maximum atomic E-state index is 12.2. The molecule has 0 amide bonds. The fraction of sp³-hybridized carbons (Fsp3) is 0.167. The first-order chi connectivity index (χ1) is 6.48. The number of aromatic nitrogens is 3. The summed E-state index contributed by atoms with van der Waals surface area (Å²) in [5, 5.41) is -0.974. The summed E-state index contributed by atoms with van der Waals surface area (Å²) in [7, 11) is 0. The first-order valence-corrected chi connectivity index (χ1v) is 4.52. The fourth-order valence-corrected chi connectivity index (χ4v) is 1.86. The van der Waals surface area contributed by atoms with Crippen LogP contribution in [0.3, 0.4) is 0 Å². The average Bonchev–Trinajstić information content (AvgIpc) is 2.48. The molecule has 2 heterocycles. The summed E-state index contributed by atoms with van der Waals surface area (Å²) in [5.74, 6) is 0. The van der Waals surface area contributed by atoms with E-state index in [0.717, 1.165) is 6.33 Å². The number of hydrogen-bond acceptors (Lipinski definition) is 4. The van der Waals surface area contributed by atoms with Gasteiger partial charge in [-0.25, -0.2) is 15.0 Å². The van der Waals surface area contributed by atoms with E-state index in [4.69, 9.17) is 11.6 Å². The van der Waals surface area contributed by atoms with Crippen molar-refractivity contribution in [3.63, 3.8) is 0 Å². The van der Waals surface area contributed by atoms with Gasteiger partial charge in [-0.15, -0.1) is 11.3 Å². The van der Waals surface area contributed by atoms with Gasteiger partial charge in [0.1, 0.15) is 11.0 Å². The van der Waals surface area contributed by atoms with Gasteiger partial charge in [-0.05, 0) is 0 Å². The van der Waals surface area contributed by atoms with Crippen LogP contribution in [0.4, 0.5) is 13.2 Å². The van der Waals surface area contributed by atoms with E-state index in [1.807, 2.05) is 0 Å². The Balaban J connectivity index is 2.69. The Kier molecular flexibility index (Phi) is 2.07. The fourth-order valence-electron chi connectivity index (χ4n) is 0.848. The van der Waals surface area contributed by atoms with Gasteiger partial charge in [0, 0.05) is 0 Å². The maximum absolute atomic E-state index is 12.2. The largest absolute Gasteiger partial charge is 0.443 e. The van der Waals surface area contributed by atoms with E-state index in [2.05, 4.69) is 15.0 Å². The van der Waals surface area contributed by atoms with Crippen LogP contribution in [0.2, 0.25) is 5.15 Å². The van der Waals surface area contributed by atoms with Crippen LogP contribution in [0.25, 0.3) is 10.3 Å². The molecule has 0 spiro atoms. The molecule has 3 nitrogen and oxygen atoms in total. The smallest absolute Gasteiger partial charge is 0.223 e. The van der Waals surface area contributed by atoms with Gasteiger partial charge in [-0.1, -0.05) is 11.6 Å². The lowest BCUT2D eigenvalue weighted by molar-refractivity contribution is -0.137. The quantitative estimate of drug-likeness (QED) is 0.664. The van der Waals surface area contributed by atoms with Crippen molar-refractivity contribution in [2.24, 2.45) is 0 Å². The lowest BCUT2D eigenvalue weighted by Gasteiger charge is -1.97. The van der Waals surface area contributed by atoms with E-state index in [1.165, 1.54) is 0 Å². The van der Waals surface area contributed by atoms with Gasteiger partial charge in [0.2, 0.25) is 5.01 Å². The zero-order valence-electron chi connectivity index (χ0n) is 6.34. The molecular weight excluding hydrogens is 239 g/mol. The molecule has 0 atom stereocenters. The van der Waals surface area contributed by atoms with E-state index in [9.17, 15) is 13.2 Å². The Morgan fingerprint density at radius 1 is 1.29 bits per heavy atom. The van der Waals surface area contributed by atoms with Crippen molar-refractivity contribution in [3.05, 3.63) is 16.5 Å². The maximum Gasteiger partial charge on any atom is 0.443 e. The molecule has 14 heavy (non-hydrogen) atoms. The predicted octanol–water partition coefficient (Wildman–Crippen LogP) is 2.76. The Labute approximate surface area is 84.6 Å². The highest BCUT2D eigenvalue weighted by molar-refractivity contribution is 7.19. The normalized spacial score (nSPS) is 12.3. The van der Waals surface area contributed by atoms with Gasteiger partial charge in [-0.3, -0.25) is 0 Å². The Morgan fingerprint density at radius 2 is 2.00 bits per heavy atom. The first kappa shape index (κ1) is 9.60. The van der Waals surface area contributed by atoms with E-state index >= 15 is 0 Å². The third-order valence-electron chi connectivity index (χ3n) is 1.39. The highest BCUT2D eigenvalue weighted by atomic mass is 35.5. The SMILES string of the molecule is FC(F)(F)c1nc2ncnc(Cl)c2s1. The van der Waals surface area contributed by atoms with Gasteiger partial charge in [0.05, 0.1) is 0 Å². The van der Waals surface area contributed by atoms with Crippen LogP contribution < -0.4 is 0 Å². The summed E-state index contributed by atoms with van der Waals surface area (Å²) in [5.41, 5.74) is -0.0256. The van der Waals surface area contributed by atoms with Crippen molar-refractivity contribution in [1.29, 1.82) is 0 Å². The van der Waals surface area contributed by atoms with Crippen molar-refractivity contribution in [2.75, 3.05) is 0 Å². The Morgan fingerprint density at radius 3 is 2.57 bits per heavy atom. The molecule has 0 aliphatic rings. The molecule has 0 N–H and O–H groups in total. The summed E-state index contributed by atoms with van der Waals surface area (Å²) < 4.78 is 36.8. The molecule has 0 bridgehead atoms. The van der Waals surface area contributed by atoms with Crippen LogP contribution in [0.15, 0.2) is 6.33 Å². The number of rotatable bonds is 0. The zero-order valence-corrected chi connectivity index (χ0v) is 7.91. The van der Waals surface area contributed by atoms with Crippen molar-refractivity contribution in [1.82, 2.24) is 15.0 Å². The molecule has 0 aliphatic heterocycles. The molecule has 0 radical (unpaired) electrons. The zero-order chi connectivity index (χ0) is 10.3. The van der Waals surface area contributed by atoms with E-state index in [1.54, 1.807) is 0 Å². The standard InChI is InChI=1S/C6HClF3N3S/c7-3-2-4(12-1-11-3)13-5(14-2)6(8,9)10/h1H. The minimum atomic E-state index is -4.46. The summed E-state index contributed by atoms with van der Waals surface area (Å²) in [6, 6.07) is 0. The van der Waals surface area contributed by atoms with Gasteiger partial charge < -0.3 is 0 Å². The second kappa shape index (κ2) is 3.03. The van der Waals surface area contributed by atoms with Gasteiger partial charge >= 0.3 is 6.18 Å². The van der Waals surface area contributed by atoms with E-state index in [0.29, 0.717) is 11.3 Å². The van der Waals surface area contributed by atoms with Gasteiger partial charge in [0.15, 0.2) is 10.8 Å². The molecular formula is C6HClF3N3S. The van der Waals surface area contributed by atoms with Crippen LogP contribution in [0, 0.1) is 0 Å². The monoisotopic (exact) mass is 239 g/mol. The average molecular weight is 240 g/mol. The van der Waals surface area contributed by atoms with Crippen LogP contribution in [-0.2, 0) is 6.18 Å². The van der Waals surface area contributed by atoms with Crippen LogP contribution in [0.1, 0.15) is 5.01 Å². The lowest BCUT2D eigenvalue weighted by atomic mass is 10.6. The third-order valence-corrected chi connectivity index (χ3v) is 2.89. The predicted molar refractivity (Wildman–Crippen MR) is 45.2 cm³/mol. The number of alkyl halides is 3. The number of halogens is 4. The van der Waals surface area contributed by atoms with E-state index < -0.39 is 11.2 Å². The molecule has 2 aromatic rings. The number of fused-ring (bicyclic) bond motifs is 1. The molecule has 2 aromatic heterocycles. The van der Waals surface area contributed by atoms with Crippen molar-refractivity contribution in [3.8, 4) is 0 Å². The third kappa shape index (κ3) is 1.53. The molecule has 0 aliphatic carbocycles. The molecule has 0 unspecified atom stereocenters. The molecule has 2 rings (SSSR count). The van der Waals surface area contributed by atoms with Crippen molar-refractivity contribution < 1.29 is 13.2 Å². The highest BCUT2D eigenvalue weighted by Crippen LogP contribution is 2.36. The lowest BCUT2D eigenvalue weighted by Crippen LogP contribution is -2.03. The van der Waals surface area contributed by atoms with Crippen LogP contribution in [0.5, 0.6) is 0 Å². The number of thiazole rings is 1. The molecule has 8 heteroatoms. The van der Waals surface area contributed by atoms with Crippen LogP contribution in [-0.4, -0.2) is 15.0 Å². The Bertz CT molecular complexity index is 481. The minimum Gasteiger partial charge on any atom is -0.223 e.